The van der Waals surface area contributed by atoms with Gasteiger partial charge in [-0.05, 0) is 38.8 Å². The lowest BCUT2D eigenvalue weighted by atomic mass is 9.91. The van der Waals surface area contributed by atoms with Crippen molar-refractivity contribution in [2.75, 3.05) is 26.2 Å². The summed E-state index contributed by atoms with van der Waals surface area (Å²) in [5, 5.41) is 3.50. The summed E-state index contributed by atoms with van der Waals surface area (Å²) in [6.07, 6.45) is 4.68. The Morgan fingerprint density at radius 3 is 3.07 bits per heavy atom. The highest BCUT2D eigenvalue weighted by Gasteiger charge is 2.22. The first-order chi connectivity index (χ1) is 6.77. The van der Waals surface area contributed by atoms with Crippen LogP contribution < -0.4 is 5.32 Å². The molecule has 2 unspecified atom stereocenters. The lowest BCUT2D eigenvalue weighted by molar-refractivity contribution is 0.158. The molecule has 2 heteroatoms. The first-order valence-electron chi connectivity index (χ1n) is 5.84. The molecule has 0 saturated carbocycles. The average molecular weight is 196 g/mol. The van der Waals surface area contributed by atoms with Crippen molar-refractivity contribution in [3.63, 3.8) is 0 Å². The summed E-state index contributed by atoms with van der Waals surface area (Å²) in [4.78, 5) is 2.56. The molecule has 2 nitrogen and oxygen atoms in total. The average Bonchev–Trinajstić information content (AvgIpc) is 2.26. The second kappa shape index (κ2) is 6.20. The van der Waals surface area contributed by atoms with Crippen LogP contribution in [0, 0.1) is 5.92 Å². The van der Waals surface area contributed by atoms with Crippen molar-refractivity contribution < 1.29 is 0 Å². The van der Waals surface area contributed by atoms with Gasteiger partial charge in [0.2, 0.25) is 0 Å². The fourth-order valence-corrected chi connectivity index (χ4v) is 2.22. The van der Waals surface area contributed by atoms with Crippen molar-refractivity contribution in [2.45, 2.75) is 32.7 Å². The Bertz CT molecular complexity index is 168. The highest BCUT2D eigenvalue weighted by Crippen LogP contribution is 2.19. The second-order valence-electron chi connectivity index (χ2n) is 4.28. The van der Waals surface area contributed by atoms with E-state index in [1.54, 1.807) is 0 Å². The van der Waals surface area contributed by atoms with E-state index in [1.165, 1.54) is 32.5 Å². The van der Waals surface area contributed by atoms with Crippen molar-refractivity contribution in [1.29, 1.82) is 0 Å². The lowest BCUT2D eigenvalue weighted by Crippen LogP contribution is -2.44. The molecular weight excluding hydrogens is 172 g/mol. The summed E-state index contributed by atoms with van der Waals surface area (Å²) in [6.45, 7) is 13.0. The van der Waals surface area contributed by atoms with Gasteiger partial charge >= 0.3 is 0 Å². The Morgan fingerprint density at radius 2 is 2.43 bits per heavy atom. The largest absolute Gasteiger partial charge is 0.310 e. The molecule has 2 atom stereocenters. The van der Waals surface area contributed by atoms with E-state index in [9.17, 15) is 0 Å². The second-order valence-corrected chi connectivity index (χ2v) is 4.28. The van der Waals surface area contributed by atoms with Gasteiger partial charge in [-0.25, -0.2) is 0 Å². The SMILES string of the molecule is C=CCNC(C)C1CCCN(CC)C1. The van der Waals surface area contributed by atoms with E-state index in [-0.39, 0.29) is 0 Å². The maximum atomic E-state index is 3.74. The van der Waals surface area contributed by atoms with Crippen molar-refractivity contribution in [2.24, 2.45) is 5.92 Å². The van der Waals surface area contributed by atoms with Gasteiger partial charge in [0.05, 0.1) is 0 Å². The summed E-state index contributed by atoms with van der Waals surface area (Å²) in [6, 6.07) is 0.627. The molecule has 0 aromatic heterocycles. The number of likely N-dealkylation sites (tertiary alicyclic amines) is 1. The fourth-order valence-electron chi connectivity index (χ4n) is 2.22. The zero-order valence-electron chi connectivity index (χ0n) is 9.63. The molecule has 1 rings (SSSR count). The third kappa shape index (κ3) is 3.43. The van der Waals surface area contributed by atoms with Crippen LogP contribution in [-0.2, 0) is 0 Å². The first-order valence-corrected chi connectivity index (χ1v) is 5.84. The van der Waals surface area contributed by atoms with Gasteiger partial charge in [0.1, 0.15) is 0 Å². The minimum Gasteiger partial charge on any atom is -0.310 e. The molecule has 0 aromatic carbocycles. The van der Waals surface area contributed by atoms with E-state index in [1.807, 2.05) is 6.08 Å². The van der Waals surface area contributed by atoms with Gasteiger partial charge in [0.15, 0.2) is 0 Å². The van der Waals surface area contributed by atoms with Crippen LogP contribution in [0.4, 0.5) is 0 Å². The predicted molar refractivity (Wildman–Crippen MR) is 62.5 cm³/mol. The fraction of sp³-hybridized carbons (Fsp3) is 0.833. The molecule has 0 radical (unpaired) electrons. The standard InChI is InChI=1S/C12H24N2/c1-4-8-13-11(3)12-7-6-9-14(5-2)10-12/h4,11-13H,1,5-10H2,2-3H3. The molecule has 0 aromatic rings. The quantitative estimate of drug-likeness (QED) is 0.675. The highest BCUT2D eigenvalue weighted by atomic mass is 15.1. The van der Waals surface area contributed by atoms with Crippen molar-refractivity contribution in [1.82, 2.24) is 10.2 Å². The minimum absolute atomic E-state index is 0.627. The Kier molecular flexibility index (Phi) is 5.20. The Hall–Kier alpha value is -0.340. The zero-order valence-corrected chi connectivity index (χ0v) is 9.63. The van der Waals surface area contributed by atoms with Crippen LogP contribution in [0.1, 0.15) is 26.7 Å². The Morgan fingerprint density at radius 1 is 1.64 bits per heavy atom. The molecule has 0 bridgehead atoms. The smallest absolute Gasteiger partial charge is 0.0134 e. The van der Waals surface area contributed by atoms with Crippen LogP contribution in [-0.4, -0.2) is 37.1 Å². The van der Waals surface area contributed by atoms with E-state index in [0.717, 1.165) is 12.5 Å². The van der Waals surface area contributed by atoms with Crippen LogP contribution in [0.15, 0.2) is 12.7 Å². The van der Waals surface area contributed by atoms with E-state index in [0.29, 0.717) is 6.04 Å². The Balaban J connectivity index is 2.31. The van der Waals surface area contributed by atoms with E-state index in [2.05, 4.69) is 30.6 Å². The van der Waals surface area contributed by atoms with Gasteiger partial charge in [0.25, 0.3) is 0 Å². The maximum absolute atomic E-state index is 3.74. The van der Waals surface area contributed by atoms with E-state index >= 15 is 0 Å². The molecule has 0 amide bonds. The number of piperidine rings is 1. The number of nitrogens with zero attached hydrogens (tertiary/aromatic N) is 1. The summed E-state index contributed by atoms with van der Waals surface area (Å²) >= 11 is 0. The number of hydrogen-bond donors (Lipinski definition) is 1. The zero-order chi connectivity index (χ0) is 10.4. The van der Waals surface area contributed by atoms with Crippen molar-refractivity contribution in [3.8, 4) is 0 Å². The predicted octanol–water partition coefficient (Wildman–Crippen LogP) is 1.88. The topological polar surface area (TPSA) is 15.3 Å². The lowest BCUT2D eigenvalue weighted by Gasteiger charge is -2.35. The number of rotatable bonds is 5. The molecule has 0 aliphatic carbocycles. The molecule has 82 valence electrons. The summed E-state index contributed by atoms with van der Waals surface area (Å²) in [7, 11) is 0. The third-order valence-electron chi connectivity index (χ3n) is 3.28. The normalized spacial score (nSPS) is 26.0. The third-order valence-corrected chi connectivity index (χ3v) is 3.28. The van der Waals surface area contributed by atoms with Gasteiger partial charge in [-0.2, -0.15) is 0 Å². The number of nitrogens with one attached hydrogen (secondary N) is 1. The summed E-state index contributed by atoms with van der Waals surface area (Å²) in [5.41, 5.74) is 0. The summed E-state index contributed by atoms with van der Waals surface area (Å²) < 4.78 is 0. The Labute approximate surface area is 88.4 Å². The molecule has 14 heavy (non-hydrogen) atoms. The van der Waals surface area contributed by atoms with Gasteiger partial charge in [-0.3, -0.25) is 0 Å². The van der Waals surface area contributed by atoms with Gasteiger partial charge in [-0.15, -0.1) is 6.58 Å². The monoisotopic (exact) mass is 196 g/mol. The molecule has 1 aliphatic heterocycles. The van der Waals surface area contributed by atoms with Gasteiger partial charge < -0.3 is 10.2 Å². The highest BCUT2D eigenvalue weighted by molar-refractivity contribution is 4.82. The minimum atomic E-state index is 0.627. The molecule has 0 spiro atoms. The van der Waals surface area contributed by atoms with Crippen molar-refractivity contribution >= 4 is 0 Å². The van der Waals surface area contributed by atoms with Crippen LogP contribution >= 0.6 is 0 Å². The van der Waals surface area contributed by atoms with Crippen LogP contribution in [0.2, 0.25) is 0 Å². The van der Waals surface area contributed by atoms with Gasteiger partial charge in [-0.1, -0.05) is 13.0 Å². The molecule has 1 saturated heterocycles. The van der Waals surface area contributed by atoms with Crippen LogP contribution in [0.25, 0.3) is 0 Å². The van der Waals surface area contributed by atoms with E-state index < -0.39 is 0 Å². The molecule has 1 heterocycles. The number of hydrogen-bond acceptors (Lipinski definition) is 2. The van der Waals surface area contributed by atoms with Crippen molar-refractivity contribution in [3.05, 3.63) is 12.7 Å². The molecular formula is C12H24N2. The van der Waals surface area contributed by atoms with E-state index in [4.69, 9.17) is 0 Å². The molecule has 1 N–H and O–H groups in total. The van der Waals surface area contributed by atoms with Crippen LogP contribution in [0.3, 0.4) is 0 Å². The molecule has 1 aliphatic rings. The van der Waals surface area contributed by atoms with Crippen LogP contribution in [0.5, 0.6) is 0 Å². The van der Waals surface area contributed by atoms with Gasteiger partial charge in [0, 0.05) is 19.1 Å². The first kappa shape index (κ1) is 11.7. The molecule has 1 fully saturated rings. The maximum Gasteiger partial charge on any atom is 0.0134 e. The summed E-state index contributed by atoms with van der Waals surface area (Å²) in [5.74, 6) is 0.823.